The Balaban J connectivity index is 1.85. The highest BCUT2D eigenvalue weighted by Gasteiger charge is 2.24. The Morgan fingerprint density at radius 3 is 2.65 bits per heavy atom. The molecule has 0 bridgehead atoms. The first kappa shape index (κ1) is 12.6. The van der Waals surface area contributed by atoms with Gasteiger partial charge in [-0.05, 0) is 50.6 Å². The fourth-order valence-corrected chi connectivity index (χ4v) is 2.64. The molecule has 0 aliphatic carbocycles. The van der Waals surface area contributed by atoms with Crippen LogP contribution in [0.1, 0.15) is 31.7 Å². The molecule has 3 atom stereocenters. The van der Waals surface area contributed by atoms with E-state index >= 15 is 0 Å². The van der Waals surface area contributed by atoms with E-state index in [1.54, 1.807) is 0 Å². The Morgan fingerprint density at radius 2 is 2.06 bits per heavy atom. The van der Waals surface area contributed by atoms with E-state index in [2.05, 4.69) is 37.3 Å². The highest BCUT2D eigenvalue weighted by molar-refractivity contribution is 5.15. The van der Waals surface area contributed by atoms with Gasteiger partial charge >= 0.3 is 0 Å². The second-order valence-electron chi connectivity index (χ2n) is 5.17. The lowest BCUT2D eigenvalue weighted by molar-refractivity contribution is 0.0415. The largest absolute Gasteiger partial charge is 0.375 e. The molecule has 1 fully saturated rings. The minimum absolute atomic E-state index is 0.433. The summed E-state index contributed by atoms with van der Waals surface area (Å²) in [5.41, 5.74) is 7.26. The minimum Gasteiger partial charge on any atom is -0.375 e. The van der Waals surface area contributed by atoms with Crippen LogP contribution in [0.4, 0.5) is 0 Å². The molecule has 0 saturated carbocycles. The Bertz CT molecular complexity index is 325. The summed E-state index contributed by atoms with van der Waals surface area (Å²) in [4.78, 5) is 0. The number of rotatable bonds is 5. The maximum absolute atomic E-state index is 5.88. The van der Waals surface area contributed by atoms with Gasteiger partial charge in [0.15, 0.2) is 0 Å². The third-order valence-corrected chi connectivity index (χ3v) is 3.62. The summed E-state index contributed by atoms with van der Waals surface area (Å²) in [6.07, 6.45) is 5.46. The van der Waals surface area contributed by atoms with Gasteiger partial charge in [0.25, 0.3) is 0 Å². The fraction of sp³-hybridized carbons (Fsp3) is 0.600. The molecule has 17 heavy (non-hydrogen) atoms. The number of nitrogens with two attached hydrogens (primary N) is 1. The van der Waals surface area contributed by atoms with E-state index in [-0.39, 0.29) is 0 Å². The van der Waals surface area contributed by atoms with Gasteiger partial charge in [0.05, 0.1) is 12.2 Å². The highest BCUT2D eigenvalue weighted by atomic mass is 16.5. The van der Waals surface area contributed by atoms with Crippen LogP contribution in [-0.2, 0) is 11.2 Å². The molecule has 0 aromatic heterocycles. The molecular weight excluding hydrogens is 210 g/mol. The quantitative estimate of drug-likeness (QED) is 0.848. The van der Waals surface area contributed by atoms with Crippen molar-refractivity contribution in [3.63, 3.8) is 0 Å². The lowest BCUT2D eigenvalue weighted by atomic mass is 9.93. The molecule has 0 amide bonds. The van der Waals surface area contributed by atoms with Crippen LogP contribution >= 0.6 is 0 Å². The zero-order valence-corrected chi connectivity index (χ0v) is 10.6. The smallest absolute Gasteiger partial charge is 0.0583 e. The first-order valence-corrected chi connectivity index (χ1v) is 6.67. The van der Waals surface area contributed by atoms with Crippen LogP contribution in [-0.4, -0.2) is 18.8 Å². The monoisotopic (exact) mass is 233 g/mol. The third-order valence-electron chi connectivity index (χ3n) is 3.62. The van der Waals surface area contributed by atoms with Crippen LogP contribution < -0.4 is 5.73 Å². The Morgan fingerprint density at radius 1 is 1.29 bits per heavy atom. The van der Waals surface area contributed by atoms with Crippen LogP contribution in [0, 0.1) is 5.92 Å². The van der Waals surface area contributed by atoms with Gasteiger partial charge in [-0.25, -0.2) is 0 Å². The van der Waals surface area contributed by atoms with Crippen molar-refractivity contribution in [1.82, 2.24) is 0 Å². The average molecular weight is 233 g/mol. The van der Waals surface area contributed by atoms with Gasteiger partial charge in [0.2, 0.25) is 0 Å². The molecule has 2 N–H and O–H groups in total. The third kappa shape index (κ3) is 3.83. The van der Waals surface area contributed by atoms with E-state index in [0.29, 0.717) is 18.1 Å². The van der Waals surface area contributed by atoms with Crippen molar-refractivity contribution in [3.05, 3.63) is 35.9 Å². The number of hydrogen-bond donors (Lipinski definition) is 1. The predicted molar refractivity (Wildman–Crippen MR) is 70.9 cm³/mol. The van der Waals surface area contributed by atoms with E-state index in [0.717, 1.165) is 19.4 Å². The molecule has 0 radical (unpaired) electrons. The summed E-state index contributed by atoms with van der Waals surface area (Å²) >= 11 is 0. The second kappa shape index (κ2) is 6.18. The molecule has 94 valence electrons. The SMILES string of the molecule is CC1CCC(CC(CN)Cc2ccccc2)O1. The van der Waals surface area contributed by atoms with Gasteiger partial charge < -0.3 is 10.5 Å². The molecule has 1 heterocycles. The standard InChI is InChI=1S/C15H23NO/c1-12-7-8-15(17-12)10-14(11-16)9-13-5-3-2-4-6-13/h2-6,12,14-15H,7-11,16H2,1H3. The molecule has 1 aliphatic heterocycles. The van der Waals surface area contributed by atoms with Crippen LogP contribution in [0.15, 0.2) is 30.3 Å². The topological polar surface area (TPSA) is 35.2 Å². The summed E-state index contributed by atoms with van der Waals surface area (Å²) in [6.45, 7) is 2.91. The maximum Gasteiger partial charge on any atom is 0.0583 e. The molecule has 1 aromatic carbocycles. The van der Waals surface area contributed by atoms with Gasteiger partial charge in [0, 0.05) is 0 Å². The molecule has 1 aliphatic rings. The van der Waals surface area contributed by atoms with Crippen molar-refractivity contribution in [2.75, 3.05) is 6.54 Å². The first-order valence-electron chi connectivity index (χ1n) is 6.67. The van der Waals surface area contributed by atoms with Gasteiger partial charge in [-0.2, -0.15) is 0 Å². The van der Waals surface area contributed by atoms with Crippen LogP contribution in [0.3, 0.4) is 0 Å². The van der Waals surface area contributed by atoms with Crippen molar-refractivity contribution < 1.29 is 4.74 Å². The Labute approximate surface area is 104 Å². The molecule has 2 nitrogen and oxygen atoms in total. The zero-order valence-electron chi connectivity index (χ0n) is 10.6. The van der Waals surface area contributed by atoms with Crippen LogP contribution in [0.25, 0.3) is 0 Å². The number of benzene rings is 1. The fourth-order valence-electron chi connectivity index (χ4n) is 2.64. The molecule has 0 spiro atoms. The first-order chi connectivity index (χ1) is 8.28. The van der Waals surface area contributed by atoms with Crippen LogP contribution in [0.5, 0.6) is 0 Å². The lowest BCUT2D eigenvalue weighted by Gasteiger charge is -2.19. The van der Waals surface area contributed by atoms with Crippen molar-refractivity contribution in [3.8, 4) is 0 Å². The average Bonchev–Trinajstić information content (AvgIpc) is 2.75. The summed E-state index contributed by atoms with van der Waals surface area (Å²) in [6, 6.07) is 10.6. The highest BCUT2D eigenvalue weighted by Crippen LogP contribution is 2.25. The predicted octanol–water partition coefficient (Wildman–Crippen LogP) is 2.76. The second-order valence-corrected chi connectivity index (χ2v) is 5.17. The van der Waals surface area contributed by atoms with E-state index in [1.165, 1.54) is 18.4 Å². The van der Waals surface area contributed by atoms with Gasteiger partial charge in [-0.1, -0.05) is 30.3 Å². The van der Waals surface area contributed by atoms with E-state index in [4.69, 9.17) is 10.5 Å². The molecule has 1 aromatic rings. The van der Waals surface area contributed by atoms with E-state index in [1.807, 2.05) is 0 Å². The molecule has 1 saturated heterocycles. The lowest BCUT2D eigenvalue weighted by Crippen LogP contribution is -2.23. The maximum atomic E-state index is 5.88. The van der Waals surface area contributed by atoms with Crippen molar-refractivity contribution in [2.45, 2.75) is 44.8 Å². The molecular formula is C15H23NO. The summed E-state index contributed by atoms with van der Waals surface area (Å²) in [7, 11) is 0. The molecule has 2 heteroatoms. The van der Waals surface area contributed by atoms with Gasteiger partial charge in [-0.3, -0.25) is 0 Å². The van der Waals surface area contributed by atoms with Gasteiger partial charge in [0.1, 0.15) is 0 Å². The van der Waals surface area contributed by atoms with Gasteiger partial charge in [-0.15, -0.1) is 0 Å². The van der Waals surface area contributed by atoms with Crippen molar-refractivity contribution in [1.29, 1.82) is 0 Å². The number of hydrogen-bond acceptors (Lipinski definition) is 2. The van der Waals surface area contributed by atoms with E-state index < -0.39 is 0 Å². The summed E-state index contributed by atoms with van der Waals surface area (Å²) in [5, 5.41) is 0. The van der Waals surface area contributed by atoms with E-state index in [9.17, 15) is 0 Å². The molecule has 3 unspecified atom stereocenters. The van der Waals surface area contributed by atoms with Crippen LogP contribution in [0.2, 0.25) is 0 Å². The van der Waals surface area contributed by atoms with Crippen molar-refractivity contribution >= 4 is 0 Å². The minimum atomic E-state index is 0.433. The number of ether oxygens (including phenoxy) is 1. The summed E-state index contributed by atoms with van der Waals surface area (Å²) < 4.78 is 5.88. The normalized spacial score (nSPS) is 26.0. The van der Waals surface area contributed by atoms with Crippen molar-refractivity contribution in [2.24, 2.45) is 11.7 Å². The molecule has 2 rings (SSSR count). The Kier molecular flexibility index (Phi) is 4.57. The zero-order chi connectivity index (χ0) is 12.1. The Hall–Kier alpha value is -0.860. The summed E-state index contributed by atoms with van der Waals surface area (Å²) in [5.74, 6) is 0.549.